The fourth-order valence-electron chi connectivity index (χ4n) is 4.64. The number of nitrogens with zero attached hydrogens (tertiary/aromatic N) is 2. The van der Waals surface area contributed by atoms with Crippen molar-refractivity contribution in [2.75, 3.05) is 19.8 Å². The van der Waals surface area contributed by atoms with Gasteiger partial charge in [0.15, 0.2) is 11.4 Å². The zero-order chi connectivity index (χ0) is 30.5. The summed E-state index contributed by atoms with van der Waals surface area (Å²) in [6.45, 7) is 3.49. The van der Waals surface area contributed by atoms with Crippen molar-refractivity contribution in [3.05, 3.63) is 125 Å². The molecule has 0 bridgehead atoms. The van der Waals surface area contributed by atoms with Crippen molar-refractivity contribution in [3.63, 3.8) is 0 Å². The molecule has 43 heavy (non-hydrogen) atoms. The molecule has 5 rings (SSSR count). The summed E-state index contributed by atoms with van der Waals surface area (Å²) in [7, 11) is 0. The maximum atomic E-state index is 14.1. The molecule has 0 radical (unpaired) electrons. The van der Waals surface area contributed by atoms with Gasteiger partial charge in [-0.2, -0.15) is 0 Å². The molecule has 4 aromatic rings. The van der Waals surface area contributed by atoms with Crippen molar-refractivity contribution in [3.8, 4) is 5.75 Å². The molecule has 11 heteroatoms. The van der Waals surface area contributed by atoms with E-state index in [4.69, 9.17) is 42.4 Å². The first-order valence-corrected chi connectivity index (χ1v) is 15.0. The molecule has 0 spiro atoms. The predicted molar refractivity (Wildman–Crippen MR) is 166 cm³/mol. The van der Waals surface area contributed by atoms with Gasteiger partial charge in [0.1, 0.15) is 5.75 Å². The second kappa shape index (κ2) is 13.4. The normalized spacial score (nSPS) is 14.6. The van der Waals surface area contributed by atoms with Crippen LogP contribution < -0.4 is 19.6 Å². The fraction of sp³-hybridized carbons (Fsp3) is 0.188. The van der Waals surface area contributed by atoms with Crippen LogP contribution in [-0.2, 0) is 19.1 Å². The topological polar surface area (TPSA) is 96.2 Å². The molecule has 220 valence electrons. The molecule has 0 saturated heterocycles. The van der Waals surface area contributed by atoms with Crippen LogP contribution in [0.5, 0.6) is 5.75 Å². The van der Waals surface area contributed by atoms with Crippen molar-refractivity contribution in [1.29, 1.82) is 0 Å². The highest BCUT2D eigenvalue weighted by Crippen LogP contribution is 2.35. The molecule has 0 fully saturated rings. The van der Waals surface area contributed by atoms with Crippen LogP contribution in [0, 0.1) is 0 Å². The van der Waals surface area contributed by atoms with Crippen LogP contribution in [0.4, 0.5) is 0 Å². The van der Waals surface area contributed by atoms with Crippen molar-refractivity contribution < 1.29 is 23.8 Å². The maximum absolute atomic E-state index is 14.1. The van der Waals surface area contributed by atoms with E-state index in [1.54, 1.807) is 62.4 Å². The summed E-state index contributed by atoms with van der Waals surface area (Å²) in [5.74, 6) is -0.760. The van der Waals surface area contributed by atoms with E-state index in [0.717, 1.165) is 11.3 Å². The first-order chi connectivity index (χ1) is 20.8. The Balaban J connectivity index is 1.74. The van der Waals surface area contributed by atoms with Gasteiger partial charge in [0.25, 0.3) is 5.56 Å². The highest BCUT2D eigenvalue weighted by molar-refractivity contribution is 7.07. The molecule has 2 heterocycles. The standard InChI is InChI=1S/C32H26Cl2N2O6S/c1-3-40-26(37)18-42-24-15-14-23(34)16-21(24)17-25-30(38)36-29(20-10-12-22(33)13-11-20)27(31(39)41-4-2)28(35-32(36)43-25)19-8-6-5-7-9-19/h5-17,29H,3-4,18H2,1-2H3/b25-17-/t29-/m0/s1. The summed E-state index contributed by atoms with van der Waals surface area (Å²) < 4.78 is 18.0. The zero-order valence-corrected chi connectivity index (χ0v) is 25.5. The third-order valence-corrected chi connectivity index (χ3v) is 7.94. The number of hydrogen-bond acceptors (Lipinski definition) is 8. The average Bonchev–Trinajstić information content (AvgIpc) is 3.31. The lowest BCUT2D eigenvalue weighted by molar-refractivity contribution is -0.145. The molecule has 8 nitrogen and oxygen atoms in total. The molecule has 1 atom stereocenters. The number of ether oxygens (including phenoxy) is 3. The van der Waals surface area contributed by atoms with Gasteiger partial charge in [0, 0.05) is 21.2 Å². The maximum Gasteiger partial charge on any atom is 0.344 e. The Bertz CT molecular complexity index is 1880. The van der Waals surface area contributed by atoms with Gasteiger partial charge in [0.2, 0.25) is 0 Å². The van der Waals surface area contributed by atoms with Gasteiger partial charge < -0.3 is 14.2 Å². The van der Waals surface area contributed by atoms with E-state index in [1.165, 1.54) is 4.57 Å². The Labute approximate surface area is 261 Å². The van der Waals surface area contributed by atoms with Gasteiger partial charge in [-0.05, 0) is 55.8 Å². The van der Waals surface area contributed by atoms with Crippen LogP contribution in [0.3, 0.4) is 0 Å². The average molecular weight is 638 g/mol. The first kappa shape index (κ1) is 30.3. The summed E-state index contributed by atoms with van der Waals surface area (Å²) in [6.07, 6.45) is 1.63. The molecule has 0 amide bonds. The number of esters is 2. The Morgan fingerprint density at radius 3 is 2.35 bits per heavy atom. The number of rotatable bonds is 9. The number of aromatic nitrogens is 1. The highest BCUT2D eigenvalue weighted by Gasteiger charge is 2.35. The molecular formula is C32H26Cl2N2O6S. The second-order valence-electron chi connectivity index (χ2n) is 9.26. The Kier molecular flexibility index (Phi) is 9.45. The number of halogens is 2. The van der Waals surface area contributed by atoms with Crippen molar-refractivity contribution in [2.24, 2.45) is 4.99 Å². The minimum absolute atomic E-state index is 0.144. The van der Waals surface area contributed by atoms with Crippen LogP contribution in [0.25, 0.3) is 11.8 Å². The molecule has 0 aliphatic carbocycles. The smallest absolute Gasteiger partial charge is 0.344 e. The third-order valence-electron chi connectivity index (χ3n) is 6.47. The molecule has 1 aromatic heterocycles. The van der Waals surface area contributed by atoms with E-state index in [2.05, 4.69) is 0 Å². The number of carbonyl (C=O) groups is 2. The van der Waals surface area contributed by atoms with Gasteiger partial charge >= 0.3 is 11.9 Å². The Morgan fingerprint density at radius 2 is 1.65 bits per heavy atom. The zero-order valence-electron chi connectivity index (χ0n) is 23.2. The quantitative estimate of drug-likeness (QED) is 0.235. The molecule has 0 N–H and O–H groups in total. The summed E-state index contributed by atoms with van der Waals surface area (Å²) >= 11 is 13.6. The SMILES string of the molecule is CCOC(=O)COc1ccc(Cl)cc1/C=c1\sc2n(c1=O)[C@@H](c1ccc(Cl)cc1)C(C(=O)OCC)=C(c1ccccc1)N=2. The van der Waals surface area contributed by atoms with E-state index < -0.39 is 18.0 Å². The highest BCUT2D eigenvalue weighted by atomic mass is 35.5. The minimum atomic E-state index is -0.844. The largest absolute Gasteiger partial charge is 0.481 e. The third kappa shape index (κ3) is 6.59. The lowest BCUT2D eigenvalue weighted by Crippen LogP contribution is -2.40. The van der Waals surface area contributed by atoms with Crippen molar-refractivity contribution >= 4 is 58.3 Å². The van der Waals surface area contributed by atoms with Crippen molar-refractivity contribution in [1.82, 2.24) is 4.57 Å². The van der Waals surface area contributed by atoms with Gasteiger partial charge in [0.05, 0.1) is 35.1 Å². The fourth-order valence-corrected chi connectivity index (χ4v) is 5.94. The molecule has 1 aliphatic heterocycles. The number of benzene rings is 3. The van der Waals surface area contributed by atoms with Crippen LogP contribution in [0.15, 0.2) is 88.2 Å². The minimum Gasteiger partial charge on any atom is -0.481 e. The first-order valence-electron chi connectivity index (χ1n) is 13.4. The van der Waals surface area contributed by atoms with Gasteiger partial charge in [-0.25, -0.2) is 14.6 Å². The van der Waals surface area contributed by atoms with E-state index in [1.807, 2.05) is 30.3 Å². The monoisotopic (exact) mass is 636 g/mol. The number of thiazole rings is 1. The summed E-state index contributed by atoms with van der Waals surface area (Å²) in [5.41, 5.74) is 2.10. The van der Waals surface area contributed by atoms with Crippen LogP contribution in [-0.4, -0.2) is 36.3 Å². The Morgan fingerprint density at radius 1 is 0.953 bits per heavy atom. The van der Waals surface area contributed by atoms with E-state index >= 15 is 0 Å². The van der Waals surface area contributed by atoms with Crippen LogP contribution in [0.2, 0.25) is 10.0 Å². The summed E-state index contributed by atoms with van der Waals surface area (Å²) in [5, 5.41) is 0.926. The number of hydrogen-bond donors (Lipinski definition) is 0. The molecule has 0 saturated carbocycles. The second-order valence-corrected chi connectivity index (χ2v) is 11.1. The molecule has 1 aliphatic rings. The summed E-state index contributed by atoms with van der Waals surface area (Å²) in [6, 6.07) is 20.3. The van der Waals surface area contributed by atoms with E-state index in [0.29, 0.717) is 47.5 Å². The molecule has 3 aromatic carbocycles. The van der Waals surface area contributed by atoms with Crippen LogP contribution in [0.1, 0.15) is 36.6 Å². The van der Waals surface area contributed by atoms with E-state index in [-0.39, 0.29) is 31.0 Å². The lowest BCUT2D eigenvalue weighted by atomic mass is 9.93. The van der Waals surface area contributed by atoms with Gasteiger partial charge in [-0.3, -0.25) is 9.36 Å². The molecule has 0 unspecified atom stereocenters. The Hall–Kier alpha value is -4.18. The van der Waals surface area contributed by atoms with Crippen molar-refractivity contribution in [2.45, 2.75) is 19.9 Å². The summed E-state index contributed by atoms with van der Waals surface area (Å²) in [4.78, 5) is 44.8. The molecular weight excluding hydrogens is 611 g/mol. The van der Waals surface area contributed by atoms with E-state index in [9.17, 15) is 14.4 Å². The van der Waals surface area contributed by atoms with Gasteiger partial charge in [-0.15, -0.1) is 0 Å². The lowest BCUT2D eigenvalue weighted by Gasteiger charge is -2.25. The predicted octanol–water partition coefficient (Wildman–Crippen LogP) is 5.18. The van der Waals surface area contributed by atoms with Gasteiger partial charge in [-0.1, -0.05) is 77.0 Å². The number of carbonyl (C=O) groups excluding carboxylic acids is 2. The number of fused-ring (bicyclic) bond motifs is 1. The van der Waals surface area contributed by atoms with Crippen LogP contribution >= 0.6 is 34.5 Å².